The lowest BCUT2D eigenvalue weighted by atomic mass is 9.88. The maximum atomic E-state index is 12.4. The van der Waals surface area contributed by atoms with Crippen molar-refractivity contribution < 1.29 is 4.79 Å². The van der Waals surface area contributed by atoms with E-state index in [0.29, 0.717) is 10.7 Å². The van der Waals surface area contributed by atoms with Gasteiger partial charge in [0.2, 0.25) is 0 Å². The fourth-order valence-corrected chi connectivity index (χ4v) is 3.35. The third-order valence-electron chi connectivity index (χ3n) is 4.48. The lowest BCUT2D eigenvalue weighted by Crippen LogP contribution is -2.28. The van der Waals surface area contributed by atoms with Crippen LogP contribution >= 0.6 is 11.6 Å². The normalized spacial score (nSPS) is 14.9. The number of nitrogens with one attached hydrogen (secondary N) is 1. The molecule has 23 heavy (non-hydrogen) atoms. The van der Waals surface area contributed by atoms with Crippen molar-refractivity contribution >= 4 is 17.5 Å². The van der Waals surface area contributed by atoms with Crippen molar-refractivity contribution in [1.29, 1.82) is 0 Å². The first kappa shape index (κ1) is 16.0. The minimum Gasteiger partial charge on any atom is -0.345 e. The first-order chi connectivity index (χ1) is 11.2. The van der Waals surface area contributed by atoms with E-state index in [1.165, 1.54) is 36.0 Å². The molecule has 1 heterocycles. The number of fused-ring (bicyclic) bond motifs is 1. The molecule has 0 saturated heterocycles. The van der Waals surface area contributed by atoms with Gasteiger partial charge in [-0.3, -0.25) is 4.79 Å². The molecule has 0 aliphatic heterocycles. The van der Waals surface area contributed by atoms with Gasteiger partial charge < -0.3 is 5.32 Å². The van der Waals surface area contributed by atoms with E-state index >= 15 is 0 Å². The summed E-state index contributed by atoms with van der Waals surface area (Å²) in [5, 5.41) is 3.44. The van der Waals surface area contributed by atoms with Crippen molar-refractivity contribution in [2.24, 2.45) is 0 Å². The number of aryl methyl sites for hydroxylation is 2. The van der Waals surface area contributed by atoms with Gasteiger partial charge in [0, 0.05) is 11.8 Å². The summed E-state index contributed by atoms with van der Waals surface area (Å²) in [5.74, 6) is -0.112. The van der Waals surface area contributed by atoms with Gasteiger partial charge in [-0.15, -0.1) is 0 Å². The minimum absolute atomic E-state index is 0.0154. The molecule has 0 spiro atoms. The van der Waals surface area contributed by atoms with Crippen LogP contribution in [0.4, 0.5) is 0 Å². The predicted molar refractivity (Wildman–Crippen MR) is 92.8 cm³/mol. The molecule has 1 atom stereocenters. The van der Waals surface area contributed by atoms with E-state index in [1.54, 1.807) is 18.3 Å². The summed E-state index contributed by atoms with van der Waals surface area (Å²) in [6, 6.07) is 9.93. The van der Waals surface area contributed by atoms with E-state index < -0.39 is 0 Å². The lowest BCUT2D eigenvalue weighted by Gasteiger charge is -2.21. The summed E-state index contributed by atoms with van der Waals surface area (Å²) in [5.41, 5.74) is 4.62. The number of carbonyl (C=O) groups excluding carboxylic acids is 1. The molecule has 1 N–H and O–H groups in total. The molecule has 1 unspecified atom stereocenters. The molecular formula is C19H21ClN2O. The Balaban J connectivity index is 1.78. The maximum Gasteiger partial charge on any atom is 0.251 e. The smallest absolute Gasteiger partial charge is 0.251 e. The van der Waals surface area contributed by atoms with Gasteiger partial charge in [0.15, 0.2) is 0 Å². The molecule has 1 aromatic carbocycles. The third-order valence-corrected chi connectivity index (χ3v) is 4.68. The number of halogens is 1. The zero-order chi connectivity index (χ0) is 16.2. The fraction of sp³-hybridized carbons (Fsp3) is 0.368. The monoisotopic (exact) mass is 328 g/mol. The largest absolute Gasteiger partial charge is 0.345 e. The van der Waals surface area contributed by atoms with Crippen molar-refractivity contribution in [1.82, 2.24) is 10.3 Å². The van der Waals surface area contributed by atoms with Crippen LogP contribution in [0.1, 0.15) is 59.3 Å². The van der Waals surface area contributed by atoms with Crippen LogP contribution in [0.5, 0.6) is 0 Å². The summed E-state index contributed by atoms with van der Waals surface area (Å²) in [6.07, 6.45) is 7.26. The molecule has 1 aliphatic carbocycles. The molecule has 0 radical (unpaired) electrons. The highest BCUT2D eigenvalue weighted by Gasteiger charge is 2.17. The van der Waals surface area contributed by atoms with E-state index in [2.05, 4.69) is 35.4 Å². The van der Waals surface area contributed by atoms with Crippen LogP contribution in [0.2, 0.25) is 5.15 Å². The molecule has 3 rings (SSSR count). The van der Waals surface area contributed by atoms with Crippen LogP contribution in [0.3, 0.4) is 0 Å². The van der Waals surface area contributed by atoms with E-state index in [9.17, 15) is 4.79 Å². The zero-order valence-corrected chi connectivity index (χ0v) is 14.1. The van der Waals surface area contributed by atoms with Gasteiger partial charge in [0.25, 0.3) is 5.91 Å². The Hall–Kier alpha value is -1.87. The predicted octanol–water partition coefficient (Wildman–Crippen LogP) is 4.49. The highest BCUT2D eigenvalue weighted by molar-refractivity contribution is 6.29. The highest BCUT2D eigenvalue weighted by atomic mass is 35.5. The molecule has 2 aromatic rings. The van der Waals surface area contributed by atoms with Crippen LogP contribution in [0.25, 0.3) is 0 Å². The number of rotatable bonds is 4. The number of hydrogen-bond donors (Lipinski definition) is 1. The van der Waals surface area contributed by atoms with E-state index in [0.717, 1.165) is 12.8 Å². The molecule has 4 heteroatoms. The second-order valence-electron chi connectivity index (χ2n) is 6.04. The van der Waals surface area contributed by atoms with Crippen molar-refractivity contribution in [3.8, 4) is 0 Å². The second kappa shape index (κ2) is 7.14. The molecule has 0 fully saturated rings. The summed E-state index contributed by atoms with van der Waals surface area (Å²) in [6.45, 7) is 2.09. The Morgan fingerprint density at radius 1 is 1.22 bits per heavy atom. The highest BCUT2D eigenvalue weighted by Crippen LogP contribution is 2.26. The summed E-state index contributed by atoms with van der Waals surface area (Å²) < 4.78 is 0. The van der Waals surface area contributed by atoms with Gasteiger partial charge in [-0.25, -0.2) is 4.98 Å². The number of carbonyl (C=O) groups is 1. The van der Waals surface area contributed by atoms with Crippen LogP contribution in [-0.2, 0) is 12.8 Å². The summed E-state index contributed by atoms with van der Waals surface area (Å²) in [7, 11) is 0. The Bertz CT molecular complexity index is 714. The number of amides is 1. The minimum atomic E-state index is -0.112. The summed E-state index contributed by atoms with van der Waals surface area (Å²) in [4.78, 5) is 16.3. The Kier molecular flexibility index (Phi) is 4.97. The first-order valence-corrected chi connectivity index (χ1v) is 8.59. The van der Waals surface area contributed by atoms with Crippen LogP contribution < -0.4 is 5.32 Å². The summed E-state index contributed by atoms with van der Waals surface area (Å²) >= 11 is 5.86. The Morgan fingerprint density at radius 2 is 2.00 bits per heavy atom. The zero-order valence-electron chi connectivity index (χ0n) is 13.3. The fourth-order valence-electron chi connectivity index (χ4n) is 3.18. The quantitative estimate of drug-likeness (QED) is 0.840. The Morgan fingerprint density at radius 3 is 2.74 bits per heavy atom. The molecule has 0 saturated carbocycles. The van der Waals surface area contributed by atoms with E-state index in [4.69, 9.17) is 11.6 Å². The van der Waals surface area contributed by atoms with Crippen LogP contribution in [0, 0.1) is 0 Å². The van der Waals surface area contributed by atoms with Gasteiger partial charge in [-0.2, -0.15) is 0 Å². The van der Waals surface area contributed by atoms with Gasteiger partial charge in [0.05, 0.1) is 6.04 Å². The average Bonchev–Trinajstić information content (AvgIpc) is 2.59. The van der Waals surface area contributed by atoms with Crippen molar-refractivity contribution in [3.05, 3.63) is 63.9 Å². The van der Waals surface area contributed by atoms with Crippen molar-refractivity contribution in [2.45, 2.75) is 45.1 Å². The topological polar surface area (TPSA) is 42.0 Å². The Labute approximate surface area is 142 Å². The van der Waals surface area contributed by atoms with Crippen molar-refractivity contribution in [3.63, 3.8) is 0 Å². The molecule has 1 amide bonds. The van der Waals surface area contributed by atoms with E-state index in [-0.39, 0.29) is 11.9 Å². The van der Waals surface area contributed by atoms with Crippen LogP contribution in [0.15, 0.2) is 36.5 Å². The standard InChI is InChI=1S/C19H21ClN2O/c1-2-17(22-19(23)16-9-10-21-18(20)12-16)15-8-7-13-5-3-4-6-14(13)11-15/h7-12,17H,2-6H2,1H3,(H,22,23). The average molecular weight is 329 g/mol. The number of aromatic nitrogens is 1. The SMILES string of the molecule is CCC(NC(=O)c1ccnc(Cl)c1)c1ccc2c(c1)CCCC2. The first-order valence-electron chi connectivity index (χ1n) is 8.21. The van der Waals surface area contributed by atoms with Gasteiger partial charge in [-0.1, -0.05) is 36.7 Å². The third kappa shape index (κ3) is 3.73. The molecule has 1 aromatic heterocycles. The number of hydrogen-bond acceptors (Lipinski definition) is 2. The molecule has 3 nitrogen and oxygen atoms in total. The lowest BCUT2D eigenvalue weighted by molar-refractivity contribution is 0.0935. The number of benzene rings is 1. The van der Waals surface area contributed by atoms with Gasteiger partial charge in [0.1, 0.15) is 5.15 Å². The molecular weight excluding hydrogens is 308 g/mol. The van der Waals surface area contributed by atoms with Gasteiger partial charge >= 0.3 is 0 Å². The maximum absolute atomic E-state index is 12.4. The van der Waals surface area contributed by atoms with Gasteiger partial charge in [-0.05, 0) is 60.9 Å². The molecule has 0 bridgehead atoms. The van der Waals surface area contributed by atoms with Crippen molar-refractivity contribution in [2.75, 3.05) is 0 Å². The molecule has 1 aliphatic rings. The molecule has 120 valence electrons. The number of nitrogens with zero attached hydrogens (tertiary/aromatic N) is 1. The van der Waals surface area contributed by atoms with E-state index in [1.807, 2.05) is 0 Å². The van der Waals surface area contributed by atoms with Crippen LogP contribution in [-0.4, -0.2) is 10.9 Å². The second-order valence-corrected chi connectivity index (χ2v) is 6.42. The number of pyridine rings is 1.